The van der Waals surface area contributed by atoms with Crippen molar-refractivity contribution < 1.29 is 14.2 Å². The Morgan fingerprint density at radius 2 is 1.94 bits per heavy atom. The van der Waals surface area contributed by atoms with Crippen molar-refractivity contribution in [2.75, 3.05) is 6.61 Å². The molecule has 0 saturated heterocycles. The van der Waals surface area contributed by atoms with Gasteiger partial charge in [-0.1, -0.05) is 43.1 Å². The highest BCUT2D eigenvalue weighted by molar-refractivity contribution is 6.76. The van der Waals surface area contributed by atoms with Crippen LogP contribution in [0.15, 0.2) is 24.5 Å². The third kappa shape index (κ3) is 6.02. The first kappa shape index (κ1) is 24.5. The minimum Gasteiger partial charge on any atom is -0.378 e. The fourth-order valence-electron chi connectivity index (χ4n) is 3.28. The molecule has 2 aromatic heterocycles. The van der Waals surface area contributed by atoms with Gasteiger partial charge in [0.25, 0.3) is 0 Å². The number of halogens is 2. The molecule has 0 aliphatic heterocycles. The van der Waals surface area contributed by atoms with Gasteiger partial charge >= 0.3 is 0 Å². The molecule has 32 heavy (non-hydrogen) atoms. The molecule has 0 radical (unpaired) electrons. The van der Waals surface area contributed by atoms with Gasteiger partial charge in [-0.05, 0) is 38.9 Å². The van der Waals surface area contributed by atoms with Crippen LogP contribution in [0.25, 0.3) is 22.0 Å². The third-order valence-electron chi connectivity index (χ3n) is 5.04. The van der Waals surface area contributed by atoms with Crippen molar-refractivity contribution in [3.63, 3.8) is 0 Å². The molecule has 0 spiro atoms. The molecule has 0 saturated carbocycles. The summed E-state index contributed by atoms with van der Waals surface area (Å²) < 4.78 is 24.2. The Labute approximate surface area is 195 Å². The van der Waals surface area contributed by atoms with Gasteiger partial charge in [-0.25, -0.2) is 9.07 Å². The smallest absolute Gasteiger partial charge is 0.159 e. The highest BCUT2D eigenvalue weighted by Crippen LogP contribution is 2.35. The first-order chi connectivity index (χ1) is 14.9. The lowest BCUT2D eigenvalue weighted by Gasteiger charge is -2.15. The Hall–Kier alpha value is -2.11. The number of hydrogen-bond acceptors (Lipinski definition) is 3. The van der Waals surface area contributed by atoms with Crippen LogP contribution in [0.1, 0.15) is 26.3 Å². The van der Waals surface area contributed by atoms with Crippen LogP contribution in [0, 0.1) is 17.7 Å². The van der Waals surface area contributed by atoms with E-state index in [1.54, 1.807) is 24.6 Å². The Morgan fingerprint density at radius 1 is 1.22 bits per heavy atom. The maximum atomic E-state index is 14.7. The summed E-state index contributed by atoms with van der Waals surface area (Å²) in [5.41, 5.74) is 1.38. The number of fused-ring (bicyclic) bond motifs is 1. The number of hydrogen-bond donors (Lipinski definition) is 1. The molecule has 2 heterocycles. The molecule has 1 N–H and O–H groups in total. The molecule has 0 bridgehead atoms. The van der Waals surface area contributed by atoms with E-state index in [1.165, 1.54) is 6.07 Å². The molecule has 3 rings (SSSR count). The van der Waals surface area contributed by atoms with E-state index in [-0.39, 0.29) is 5.56 Å². The Bertz CT molecular complexity index is 1180. The third-order valence-corrected chi connectivity index (χ3v) is 7.02. The number of nitrogens with zero attached hydrogens (tertiary/aromatic N) is 3. The first-order valence-electron chi connectivity index (χ1n) is 10.8. The SMILES string of the molecule is CCn1cc(-c2cn(COCC[Si](C)(C)C)nc2Cl)c2cc(C#CC(C)(C)O)c(F)cc21. The standard InChI is InChI=1S/C24H31ClFN3O2Si/c1-7-28-14-19(18-12-17(8-9-24(2,3)30)21(26)13-22(18)28)20-15-29(27-23(20)25)16-31-10-11-32(4,5)6/h12-15,30H,7,10-11,16H2,1-6H3. The van der Waals surface area contributed by atoms with Crippen LogP contribution < -0.4 is 0 Å². The van der Waals surface area contributed by atoms with Gasteiger partial charge in [0, 0.05) is 50.1 Å². The molecular formula is C24H31ClFN3O2Si. The van der Waals surface area contributed by atoms with Crippen molar-refractivity contribution in [2.24, 2.45) is 0 Å². The Kier molecular flexibility index (Phi) is 7.20. The minimum atomic E-state index is -1.21. The fraction of sp³-hybridized carbons (Fsp3) is 0.458. The number of aromatic nitrogens is 3. The lowest BCUT2D eigenvalue weighted by atomic mass is 10.0. The number of rotatable bonds is 7. The maximum absolute atomic E-state index is 14.7. The first-order valence-corrected chi connectivity index (χ1v) is 14.9. The van der Waals surface area contributed by atoms with Crippen LogP contribution >= 0.6 is 11.6 Å². The number of aliphatic hydroxyl groups is 1. The average Bonchev–Trinajstić information content (AvgIpc) is 3.21. The molecule has 8 heteroatoms. The summed E-state index contributed by atoms with van der Waals surface area (Å²) in [6.45, 7) is 13.8. The molecule has 0 aliphatic carbocycles. The quantitative estimate of drug-likeness (QED) is 0.269. The highest BCUT2D eigenvalue weighted by Gasteiger charge is 2.18. The van der Waals surface area contributed by atoms with E-state index in [0.29, 0.717) is 25.0 Å². The zero-order chi connectivity index (χ0) is 23.7. The van der Waals surface area contributed by atoms with E-state index in [0.717, 1.165) is 28.1 Å². The predicted octanol–water partition coefficient (Wildman–Crippen LogP) is 5.75. The molecule has 0 atom stereocenters. The number of benzene rings is 1. The summed E-state index contributed by atoms with van der Waals surface area (Å²) in [5, 5.41) is 15.5. The van der Waals surface area contributed by atoms with E-state index in [9.17, 15) is 9.50 Å². The summed E-state index contributed by atoms with van der Waals surface area (Å²) in [6, 6.07) is 4.27. The van der Waals surface area contributed by atoms with Crippen molar-refractivity contribution in [1.29, 1.82) is 0 Å². The van der Waals surface area contributed by atoms with Gasteiger partial charge in [0.05, 0.1) is 11.1 Å². The molecule has 0 unspecified atom stereocenters. The van der Waals surface area contributed by atoms with Crippen LogP contribution in [-0.4, -0.2) is 39.7 Å². The Balaban J connectivity index is 1.97. The van der Waals surface area contributed by atoms with E-state index in [2.05, 4.69) is 36.6 Å². The van der Waals surface area contributed by atoms with E-state index in [1.807, 2.05) is 23.9 Å². The maximum Gasteiger partial charge on any atom is 0.159 e. The summed E-state index contributed by atoms with van der Waals surface area (Å²) in [7, 11) is -1.16. The van der Waals surface area contributed by atoms with E-state index < -0.39 is 19.5 Å². The van der Waals surface area contributed by atoms with Crippen molar-refractivity contribution in [1.82, 2.24) is 14.3 Å². The second kappa shape index (κ2) is 9.40. The Morgan fingerprint density at radius 3 is 2.56 bits per heavy atom. The summed E-state index contributed by atoms with van der Waals surface area (Å²) in [4.78, 5) is 0. The second-order valence-corrected chi connectivity index (χ2v) is 15.7. The molecule has 3 aromatic rings. The van der Waals surface area contributed by atoms with Crippen molar-refractivity contribution in [3.05, 3.63) is 41.1 Å². The van der Waals surface area contributed by atoms with Gasteiger partial charge in [0.1, 0.15) is 18.1 Å². The second-order valence-electron chi connectivity index (χ2n) is 9.71. The molecule has 1 aromatic carbocycles. The van der Waals surface area contributed by atoms with E-state index >= 15 is 0 Å². The van der Waals surface area contributed by atoms with Gasteiger partial charge in [0.15, 0.2) is 5.15 Å². The van der Waals surface area contributed by atoms with Gasteiger partial charge in [0.2, 0.25) is 0 Å². The largest absolute Gasteiger partial charge is 0.378 e. The predicted molar refractivity (Wildman–Crippen MR) is 131 cm³/mol. The van der Waals surface area contributed by atoms with Gasteiger partial charge in [-0.3, -0.25) is 0 Å². The molecule has 0 fully saturated rings. The summed E-state index contributed by atoms with van der Waals surface area (Å²) >= 11 is 6.48. The highest BCUT2D eigenvalue weighted by atomic mass is 35.5. The minimum absolute atomic E-state index is 0.230. The summed E-state index contributed by atoms with van der Waals surface area (Å²) in [6.07, 6.45) is 3.81. The molecular weight excluding hydrogens is 445 g/mol. The average molecular weight is 476 g/mol. The molecule has 0 aliphatic rings. The van der Waals surface area contributed by atoms with Gasteiger partial charge < -0.3 is 14.4 Å². The molecule has 172 valence electrons. The van der Waals surface area contributed by atoms with Crippen LogP contribution in [0.4, 0.5) is 4.39 Å². The van der Waals surface area contributed by atoms with Gasteiger partial charge in [-0.15, -0.1) is 0 Å². The zero-order valence-corrected chi connectivity index (χ0v) is 21.3. The topological polar surface area (TPSA) is 52.2 Å². The monoisotopic (exact) mass is 475 g/mol. The fourth-order valence-corrected chi connectivity index (χ4v) is 4.29. The normalized spacial score (nSPS) is 12.3. The van der Waals surface area contributed by atoms with Crippen LogP contribution in [-0.2, 0) is 18.0 Å². The van der Waals surface area contributed by atoms with Crippen LogP contribution in [0.5, 0.6) is 0 Å². The van der Waals surface area contributed by atoms with E-state index in [4.69, 9.17) is 16.3 Å². The summed E-state index contributed by atoms with van der Waals surface area (Å²) in [5.74, 6) is 5.02. The number of ether oxygens (including phenoxy) is 1. The lowest BCUT2D eigenvalue weighted by Crippen LogP contribution is -2.22. The van der Waals surface area contributed by atoms with Crippen molar-refractivity contribution in [3.8, 4) is 23.0 Å². The van der Waals surface area contributed by atoms with Crippen LogP contribution in [0.3, 0.4) is 0 Å². The molecule has 0 amide bonds. The molecule has 5 nitrogen and oxygen atoms in total. The van der Waals surface area contributed by atoms with Crippen molar-refractivity contribution in [2.45, 2.75) is 65.3 Å². The van der Waals surface area contributed by atoms with Crippen LogP contribution in [0.2, 0.25) is 30.8 Å². The van der Waals surface area contributed by atoms with Crippen molar-refractivity contribution >= 4 is 30.6 Å². The zero-order valence-electron chi connectivity index (χ0n) is 19.6. The number of aryl methyl sites for hydroxylation is 1. The van der Waals surface area contributed by atoms with Gasteiger partial charge in [-0.2, -0.15) is 5.10 Å². The lowest BCUT2D eigenvalue weighted by molar-refractivity contribution is 0.0786.